The maximum atomic E-state index is 12.8. The topological polar surface area (TPSA) is 91.4 Å². The second-order valence-corrected chi connectivity index (χ2v) is 7.93. The van der Waals surface area contributed by atoms with Crippen LogP contribution in [0.3, 0.4) is 0 Å². The van der Waals surface area contributed by atoms with E-state index in [9.17, 15) is 9.59 Å². The summed E-state index contributed by atoms with van der Waals surface area (Å²) in [6, 6.07) is 5.51. The Hall–Kier alpha value is -2.74. The van der Waals surface area contributed by atoms with Gasteiger partial charge in [-0.25, -0.2) is 0 Å². The van der Waals surface area contributed by atoms with Gasteiger partial charge in [-0.15, -0.1) is 0 Å². The van der Waals surface area contributed by atoms with Crippen molar-refractivity contribution < 1.29 is 14.3 Å². The van der Waals surface area contributed by atoms with Crippen LogP contribution in [0.2, 0.25) is 0 Å². The molecule has 3 aliphatic heterocycles. The van der Waals surface area contributed by atoms with E-state index in [-0.39, 0.29) is 23.3 Å². The molecule has 5 rings (SSSR count). The van der Waals surface area contributed by atoms with E-state index >= 15 is 0 Å². The lowest BCUT2D eigenvalue weighted by molar-refractivity contribution is -0.203. The lowest BCUT2D eigenvalue weighted by Gasteiger charge is -2.58. The fourth-order valence-corrected chi connectivity index (χ4v) is 4.34. The van der Waals surface area contributed by atoms with E-state index in [4.69, 9.17) is 4.74 Å². The quantitative estimate of drug-likeness (QED) is 0.866. The van der Waals surface area contributed by atoms with Gasteiger partial charge in [-0.3, -0.25) is 19.7 Å². The molecular weight excluding hydrogens is 358 g/mol. The van der Waals surface area contributed by atoms with Crippen LogP contribution in [0.15, 0.2) is 30.6 Å². The summed E-state index contributed by atoms with van der Waals surface area (Å²) >= 11 is 0. The van der Waals surface area contributed by atoms with Gasteiger partial charge in [0, 0.05) is 43.5 Å². The zero-order chi connectivity index (χ0) is 19.1. The number of rotatable bonds is 3. The van der Waals surface area contributed by atoms with Crippen molar-refractivity contribution in [3.05, 3.63) is 36.3 Å². The zero-order valence-electron chi connectivity index (χ0n) is 15.6. The zero-order valence-corrected chi connectivity index (χ0v) is 15.6. The van der Waals surface area contributed by atoms with Gasteiger partial charge >= 0.3 is 0 Å². The highest BCUT2D eigenvalue weighted by molar-refractivity contribution is 5.93. The molecule has 1 spiro atoms. The minimum absolute atomic E-state index is 0.00777. The molecule has 0 atom stereocenters. The molecule has 8 nitrogen and oxygen atoms in total. The number of likely N-dealkylation sites (tertiary alicyclic amines) is 2. The second-order valence-electron chi connectivity index (χ2n) is 7.93. The summed E-state index contributed by atoms with van der Waals surface area (Å²) in [6.45, 7) is 3.37. The summed E-state index contributed by atoms with van der Waals surface area (Å²) in [5.74, 6) is 0.157. The first-order valence-corrected chi connectivity index (χ1v) is 9.81. The van der Waals surface area contributed by atoms with Crippen LogP contribution < -0.4 is 0 Å². The Morgan fingerprint density at radius 1 is 1.14 bits per heavy atom. The highest BCUT2D eigenvalue weighted by atomic mass is 16.5. The van der Waals surface area contributed by atoms with Crippen molar-refractivity contribution in [3.63, 3.8) is 0 Å². The molecule has 1 N–H and O–H groups in total. The van der Waals surface area contributed by atoms with E-state index in [2.05, 4.69) is 15.2 Å². The van der Waals surface area contributed by atoms with Crippen molar-refractivity contribution in [1.82, 2.24) is 25.0 Å². The Kier molecular flexibility index (Phi) is 4.16. The Morgan fingerprint density at radius 2 is 1.89 bits per heavy atom. The van der Waals surface area contributed by atoms with E-state index in [1.807, 2.05) is 17.0 Å². The van der Waals surface area contributed by atoms with Gasteiger partial charge in [-0.2, -0.15) is 5.10 Å². The van der Waals surface area contributed by atoms with Crippen LogP contribution in [0.5, 0.6) is 0 Å². The SMILES string of the molecule is O=C(c1cc(-c2ccncc2)[nH]n1)N1CCC(C(=O)N2CCC23COC3)CC1. The first kappa shape index (κ1) is 17.4. The van der Waals surface area contributed by atoms with Gasteiger partial charge in [-0.05, 0) is 37.5 Å². The average Bonchev–Trinajstić information content (AvgIpc) is 3.16. The van der Waals surface area contributed by atoms with Gasteiger partial charge in [0.1, 0.15) is 0 Å². The fourth-order valence-electron chi connectivity index (χ4n) is 4.34. The lowest BCUT2D eigenvalue weighted by Crippen LogP contribution is -2.73. The van der Waals surface area contributed by atoms with Crippen LogP contribution in [0.25, 0.3) is 11.3 Å². The Bertz CT molecular complexity index is 879. The largest absolute Gasteiger partial charge is 0.376 e. The molecule has 0 saturated carbocycles. The van der Waals surface area contributed by atoms with Crippen LogP contribution in [-0.2, 0) is 9.53 Å². The summed E-state index contributed by atoms with van der Waals surface area (Å²) in [6.07, 6.45) is 5.88. The highest BCUT2D eigenvalue weighted by Gasteiger charge is 2.54. The third kappa shape index (κ3) is 2.79. The average molecular weight is 381 g/mol. The second kappa shape index (κ2) is 6.70. The normalized spacial score (nSPS) is 21.3. The fraction of sp³-hybridized carbons (Fsp3) is 0.500. The Morgan fingerprint density at radius 3 is 2.50 bits per heavy atom. The number of nitrogens with zero attached hydrogens (tertiary/aromatic N) is 4. The number of amides is 2. The maximum Gasteiger partial charge on any atom is 0.274 e. The molecule has 0 unspecified atom stereocenters. The van der Waals surface area contributed by atoms with E-state index < -0.39 is 0 Å². The Balaban J connectivity index is 1.19. The van der Waals surface area contributed by atoms with Gasteiger partial charge in [0.05, 0.1) is 24.4 Å². The number of aromatic amines is 1. The third-order valence-electron chi connectivity index (χ3n) is 6.30. The summed E-state index contributed by atoms with van der Waals surface area (Å²) in [4.78, 5) is 33.4. The van der Waals surface area contributed by atoms with Crippen LogP contribution in [-0.4, -0.2) is 75.2 Å². The summed E-state index contributed by atoms with van der Waals surface area (Å²) in [5.41, 5.74) is 2.13. The molecule has 5 heterocycles. The summed E-state index contributed by atoms with van der Waals surface area (Å²) in [5, 5.41) is 7.11. The molecule has 2 aromatic heterocycles. The number of carbonyl (C=O) groups is 2. The summed E-state index contributed by atoms with van der Waals surface area (Å²) < 4.78 is 5.32. The molecule has 3 aliphatic rings. The van der Waals surface area contributed by atoms with Crippen molar-refractivity contribution in [2.45, 2.75) is 24.8 Å². The molecule has 3 saturated heterocycles. The van der Waals surface area contributed by atoms with Crippen LogP contribution >= 0.6 is 0 Å². The van der Waals surface area contributed by atoms with E-state index in [0.717, 1.165) is 24.2 Å². The number of ether oxygens (including phenoxy) is 1. The first-order chi connectivity index (χ1) is 13.7. The number of carbonyl (C=O) groups excluding carboxylic acids is 2. The van der Waals surface area contributed by atoms with Gasteiger partial charge in [0.25, 0.3) is 5.91 Å². The van der Waals surface area contributed by atoms with E-state index in [0.29, 0.717) is 44.8 Å². The molecule has 0 radical (unpaired) electrons. The standard InChI is InChI=1S/C20H23N5O3/c26-18(25-10-5-20(25)12-28-13-20)15-3-8-24(9-4-15)19(27)17-11-16(22-23-17)14-1-6-21-7-2-14/h1-2,6-7,11,15H,3-5,8-10,12-13H2,(H,22,23). The monoisotopic (exact) mass is 381 g/mol. The van der Waals surface area contributed by atoms with E-state index in [1.165, 1.54) is 0 Å². The minimum atomic E-state index is -0.0877. The van der Waals surface area contributed by atoms with Gasteiger partial charge in [-0.1, -0.05) is 0 Å². The van der Waals surface area contributed by atoms with Gasteiger partial charge < -0.3 is 14.5 Å². The van der Waals surface area contributed by atoms with Crippen molar-refractivity contribution in [1.29, 1.82) is 0 Å². The maximum absolute atomic E-state index is 12.8. The molecule has 0 aromatic carbocycles. The van der Waals surface area contributed by atoms with Crippen molar-refractivity contribution >= 4 is 11.8 Å². The van der Waals surface area contributed by atoms with Crippen molar-refractivity contribution in [3.8, 4) is 11.3 Å². The molecular formula is C20H23N5O3. The number of hydrogen-bond acceptors (Lipinski definition) is 5. The smallest absolute Gasteiger partial charge is 0.274 e. The molecule has 28 heavy (non-hydrogen) atoms. The molecule has 2 amide bonds. The van der Waals surface area contributed by atoms with Crippen molar-refractivity contribution in [2.24, 2.45) is 5.92 Å². The lowest BCUT2D eigenvalue weighted by atomic mass is 9.80. The number of H-pyrrole nitrogens is 1. The molecule has 3 fully saturated rings. The minimum Gasteiger partial charge on any atom is -0.376 e. The third-order valence-corrected chi connectivity index (χ3v) is 6.30. The van der Waals surface area contributed by atoms with Crippen LogP contribution in [0.1, 0.15) is 29.8 Å². The van der Waals surface area contributed by atoms with Crippen LogP contribution in [0.4, 0.5) is 0 Å². The molecule has 0 aliphatic carbocycles. The number of piperidine rings is 1. The number of aromatic nitrogens is 3. The van der Waals surface area contributed by atoms with Gasteiger partial charge in [0.15, 0.2) is 5.69 Å². The number of pyridine rings is 1. The van der Waals surface area contributed by atoms with Gasteiger partial charge in [0.2, 0.25) is 5.91 Å². The number of nitrogens with one attached hydrogen (secondary N) is 1. The molecule has 2 aromatic rings. The first-order valence-electron chi connectivity index (χ1n) is 9.81. The highest BCUT2D eigenvalue weighted by Crippen LogP contribution is 2.39. The van der Waals surface area contributed by atoms with Crippen molar-refractivity contribution in [2.75, 3.05) is 32.8 Å². The predicted octanol–water partition coefficient (Wildman–Crippen LogP) is 1.33. The molecule has 8 heteroatoms. The predicted molar refractivity (Wildman–Crippen MR) is 100 cm³/mol. The summed E-state index contributed by atoms with van der Waals surface area (Å²) in [7, 11) is 0. The Labute approximate surface area is 162 Å². The van der Waals surface area contributed by atoms with Crippen LogP contribution in [0, 0.1) is 5.92 Å². The van der Waals surface area contributed by atoms with E-state index in [1.54, 1.807) is 23.4 Å². The number of hydrogen-bond donors (Lipinski definition) is 1. The molecule has 146 valence electrons. The molecule has 0 bridgehead atoms.